The molecule has 0 bridgehead atoms. The number of halogens is 1. The molecule has 0 aromatic heterocycles. The van der Waals surface area contributed by atoms with E-state index in [4.69, 9.17) is 0 Å². The van der Waals surface area contributed by atoms with Gasteiger partial charge in [0.15, 0.2) is 0 Å². The Kier molecular flexibility index (Phi) is 3.35. The molecule has 1 rings (SSSR count). The molecule has 1 aromatic rings. The van der Waals surface area contributed by atoms with Gasteiger partial charge in [-0.15, -0.1) is 12.6 Å². The molecule has 0 aliphatic rings. The minimum absolute atomic E-state index is 0.0880. The molecular weight excluding hydrogens is 236 g/mol. The number of rotatable bonds is 2. The minimum atomic E-state index is -0.0880. The quantitative estimate of drug-likeness (QED) is 0.626. The lowest BCUT2D eigenvalue weighted by atomic mass is 10.0. The maximum Gasteiger partial charge on any atom is 0.127 e. The maximum atomic E-state index is 10.5. The third-order valence-electron chi connectivity index (χ3n) is 1.68. The number of benzene rings is 1. The fourth-order valence-electron chi connectivity index (χ4n) is 0.963. The molecule has 0 amide bonds. The third-order valence-corrected chi connectivity index (χ3v) is 2.58. The fourth-order valence-corrected chi connectivity index (χ4v) is 1.68. The summed E-state index contributed by atoms with van der Waals surface area (Å²) in [6.07, 6.45) is 0.918. The molecular formula is C9H9BrOS. The second-order valence-corrected chi connectivity index (χ2v) is 4.03. The first-order chi connectivity index (χ1) is 5.65. The molecule has 0 N–H and O–H groups in total. The molecule has 0 heterocycles. The lowest BCUT2D eigenvalue weighted by Crippen LogP contribution is -1.95. The summed E-state index contributed by atoms with van der Waals surface area (Å²) in [6, 6.07) is 5.70. The second-order valence-electron chi connectivity index (χ2n) is 2.63. The Hall–Kier alpha value is -0.280. The Balaban J connectivity index is 3.12. The van der Waals surface area contributed by atoms with Crippen LogP contribution in [0.1, 0.15) is 18.4 Å². The molecule has 0 aliphatic heterocycles. The van der Waals surface area contributed by atoms with Crippen molar-refractivity contribution in [1.29, 1.82) is 0 Å². The number of carbonyl (C=O) groups excluding carboxylic acids is 1. The predicted octanol–water partition coefficient (Wildman–Crippen LogP) is 3.04. The highest BCUT2D eigenvalue weighted by atomic mass is 79.9. The fraction of sp³-hybridized carbons (Fsp3) is 0.222. The van der Waals surface area contributed by atoms with Crippen molar-refractivity contribution in [1.82, 2.24) is 0 Å². The van der Waals surface area contributed by atoms with Crippen molar-refractivity contribution >= 4 is 34.8 Å². The van der Waals surface area contributed by atoms with E-state index in [-0.39, 0.29) is 5.92 Å². The van der Waals surface area contributed by atoms with Crippen LogP contribution in [0.5, 0.6) is 0 Å². The molecule has 64 valence electrons. The van der Waals surface area contributed by atoms with Gasteiger partial charge in [-0.05, 0) is 23.8 Å². The molecule has 0 radical (unpaired) electrons. The zero-order valence-corrected chi connectivity index (χ0v) is 9.10. The van der Waals surface area contributed by atoms with E-state index >= 15 is 0 Å². The van der Waals surface area contributed by atoms with Gasteiger partial charge in [-0.1, -0.05) is 22.9 Å². The number of carbonyl (C=O) groups is 1. The van der Waals surface area contributed by atoms with Crippen LogP contribution in [0.15, 0.2) is 27.6 Å². The summed E-state index contributed by atoms with van der Waals surface area (Å²) in [5.41, 5.74) is 0.961. The standard InChI is InChI=1S/C9H9BrOS/c1-6(5-11)8-4-7(10)2-3-9(8)12/h2-6,12H,1H3. The van der Waals surface area contributed by atoms with Crippen LogP contribution in [0.4, 0.5) is 0 Å². The lowest BCUT2D eigenvalue weighted by Gasteiger charge is -2.07. The van der Waals surface area contributed by atoms with Gasteiger partial charge in [-0.25, -0.2) is 0 Å². The first-order valence-corrected chi connectivity index (χ1v) is 4.83. The van der Waals surface area contributed by atoms with E-state index in [2.05, 4.69) is 28.6 Å². The van der Waals surface area contributed by atoms with E-state index in [1.54, 1.807) is 0 Å². The Morgan fingerprint density at radius 3 is 2.83 bits per heavy atom. The Morgan fingerprint density at radius 1 is 1.58 bits per heavy atom. The second kappa shape index (κ2) is 4.10. The molecule has 1 nitrogen and oxygen atoms in total. The monoisotopic (exact) mass is 244 g/mol. The number of hydrogen-bond donors (Lipinski definition) is 1. The van der Waals surface area contributed by atoms with Crippen molar-refractivity contribution in [3.8, 4) is 0 Å². The van der Waals surface area contributed by atoms with Crippen molar-refractivity contribution in [2.24, 2.45) is 0 Å². The number of thiol groups is 1. The molecule has 12 heavy (non-hydrogen) atoms. The summed E-state index contributed by atoms with van der Waals surface area (Å²) in [7, 11) is 0. The van der Waals surface area contributed by atoms with Crippen LogP contribution < -0.4 is 0 Å². The minimum Gasteiger partial charge on any atom is -0.303 e. The van der Waals surface area contributed by atoms with Crippen molar-refractivity contribution in [3.05, 3.63) is 28.2 Å². The highest BCUT2D eigenvalue weighted by Crippen LogP contribution is 2.25. The Bertz CT molecular complexity index is 299. The predicted molar refractivity (Wildman–Crippen MR) is 55.9 cm³/mol. The van der Waals surface area contributed by atoms with E-state index in [1.807, 2.05) is 25.1 Å². The molecule has 3 heteroatoms. The highest BCUT2D eigenvalue weighted by molar-refractivity contribution is 9.10. The molecule has 0 aliphatic carbocycles. The van der Waals surface area contributed by atoms with Crippen LogP contribution in [-0.4, -0.2) is 6.29 Å². The lowest BCUT2D eigenvalue weighted by molar-refractivity contribution is -0.108. The molecule has 1 unspecified atom stereocenters. The van der Waals surface area contributed by atoms with Crippen LogP contribution >= 0.6 is 28.6 Å². The summed E-state index contributed by atoms with van der Waals surface area (Å²) >= 11 is 7.60. The zero-order chi connectivity index (χ0) is 9.14. The van der Waals surface area contributed by atoms with Gasteiger partial charge < -0.3 is 4.79 Å². The van der Waals surface area contributed by atoms with Gasteiger partial charge in [0.1, 0.15) is 6.29 Å². The average molecular weight is 245 g/mol. The largest absolute Gasteiger partial charge is 0.303 e. The Labute approximate surface area is 85.7 Å². The summed E-state index contributed by atoms with van der Waals surface area (Å²) < 4.78 is 0.976. The smallest absolute Gasteiger partial charge is 0.127 e. The van der Waals surface area contributed by atoms with Crippen LogP contribution in [0, 0.1) is 0 Å². The molecule has 0 saturated carbocycles. The van der Waals surface area contributed by atoms with Crippen LogP contribution in [-0.2, 0) is 4.79 Å². The summed E-state index contributed by atoms with van der Waals surface area (Å²) in [6.45, 7) is 1.86. The van der Waals surface area contributed by atoms with Gasteiger partial charge in [-0.2, -0.15) is 0 Å². The third kappa shape index (κ3) is 2.11. The number of aldehydes is 1. The van der Waals surface area contributed by atoms with Crippen LogP contribution in [0.25, 0.3) is 0 Å². The summed E-state index contributed by atoms with van der Waals surface area (Å²) in [5, 5.41) is 0. The van der Waals surface area contributed by atoms with Gasteiger partial charge in [0, 0.05) is 15.3 Å². The van der Waals surface area contributed by atoms with Crippen LogP contribution in [0.2, 0.25) is 0 Å². The number of hydrogen-bond acceptors (Lipinski definition) is 2. The molecule has 0 spiro atoms. The zero-order valence-electron chi connectivity index (χ0n) is 6.62. The first kappa shape index (κ1) is 9.81. The molecule has 1 atom stereocenters. The van der Waals surface area contributed by atoms with Crippen molar-refractivity contribution in [2.45, 2.75) is 17.7 Å². The maximum absolute atomic E-state index is 10.5. The van der Waals surface area contributed by atoms with E-state index in [0.717, 1.165) is 21.2 Å². The van der Waals surface area contributed by atoms with E-state index < -0.39 is 0 Å². The Morgan fingerprint density at radius 2 is 2.25 bits per heavy atom. The van der Waals surface area contributed by atoms with E-state index in [9.17, 15) is 4.79 Å². The van der Waals surface area contributed by atoms with Gasteiger partial charge in [0.2, 0.25) is 0 Å². The van der Waals surface area contributed by atoms with E-state index in [1.165, 1.54) is 0 Å². The molecule has 1 aromatic carbocycles. The van der Waals surface area contributed by atoms with Gasteiger partial charge in [-0.3, -0.25) is 0 Å². The first-order valence-electron chi connectivity index (χ1n) is 3.59. The SMILES string of the molecule is CC(C=O)c1cc(Br)ccc1S. The summed E-state index contributed by atoms with van der Waals surface area (Å²) in [4.78, 5) is 11.4. The average Bonchev–Trinajstić information content (AvgIpc) is 2.08. The van der Waals surface area contributed by atoms with Gasteiger partial charge >= 0.3 is 0 Å². The van der Waals surface area contributed by atoms with Crippen molar-refractivity contribution in [3.63, 3.8) is 0 Å². The highest BCUT2D eigenvalue weighted by Gasteiger charge is 2.07. The van der Waals surface area contributed by atoms with Gasteiger partial charge in [0.05, 0.1) is 0 Å². The van der Waals surface area contributed by atoms with Crippen molar-refractivity contribution in [2.75, 3.05) is 0 Å². The van der Waals surface area contributed by atoms with Crippen molar-refractivity contribution < 1.29 is 4.79 Å². The normalized spacial score (nSPS) is 12.6. The van der Waals surface area contributed by atoms with Crippen LogP contribution in [0.3, 0.4) is 0 Å². The summed E-state index contributed by atoms with van der Waals surface area (Å²) in [5.74, 6) is -0.0880. The molecule has 0 fully saturated rings. The topological polar surface area (TPSA) is 17.1 Å². The molecule has 0 saturated heterocycles. The van der Waals surface area contributed by atoms with E-state index in [0.29, 0.717) is 0 Å². The van der Waals surface area contributed by atoms with Gasteiger partial charge in [0.25, 0.3) is 0 Å².